The number of amides is 1. The lowest BCUT2D eigenvalue weighted by Crippen LogP contribution is -2.47. The summed E-state index contributed by atoms with van der Waals surface area (Å²) < 4.78 is 74.3. The Kier molecular flexibility index (Phi) is 7.32. The Labute approximate surface area is 205 Å². The van der Waals surface area contributed by atoms with Crippen molar-refractivity contribution in [1.82, 2.24) is 0 Å². The van der Waals surface area contributed by atoms with Gasteiger partial charge in [-0.1, -0.05) is 17.7 Å². The first-order valence-corrected chi connectivity index (χ1v) is 11.3. The Morgan fingerprint density at radius 3 is 1.94 bits per heavy atom. The van der Waals surface area contributed by atoms with E-state index in [1.807, 2.05) is 36.9 Å². The van der Waals surface area contributed by atoms with Gasteiger partial charge < -0.3 is 19.9 Å². The molecule has 0 unspecified atom stereocenters. The van der Waals surface area contributed by atoms with Crippen molar-refractivity contribution in [2.24, 2.45) is 0 Å². The highest BCUT2D eigenvalue weighted by molar-refractivity contribution is 5.92. The van der Waals surface area contributed by atoms with Crippen LogP contribution in [0.25, 0.3) is 0 Å². The number of anilines is 3. The fraction of sp³-hybridized carbons (Fsp3) is 0.269. The van der Waals surface area contributed by atoms with Gasteiger partial charge in [-0.3, -0.25) is 4.79 Å². The SMILES string of the molecule is Cc1ccc(OCC(=O)Nc2ccc(N3CCN(c4c(F)c(F)c(F)c(F)c4F)CC3)cc2)c(C)c1. The van der Waals surface area contributed by atoms with Crippen LogP contribution < -0.4 is 19.9 Å². The smallest absolute Gasteiger partial charge is 0.262 e. The van der Waals surface area contributed by atoms with Crippen LogP contribution in [0.1, 0.15) is 11.1 Å². The number of carbonyl (C=O) groups excluding carboxylic acids is 1. The molecule has 1 saturated heterocycles. The van der Waals surface area contributed by atoms with Crippen molar-refractivity contribution in [2.45, 2.75) is 13.8 Å². The first kappa shape index (κ1) is 25.3. The van der Waals surface area contributed by atoms with Crippen LogP contribution in [0, 0.1) is 42.9 Å². The molecule has 1 N–H and O–H groups in total. The summed E-state index contributed by atoms with van der Waals surface area (Å²) in [7, 11) is 0. The van der Waals surface area contributed by atoms with E-state index in [0.29, 0.717) is 24.5 Å². The highest BCUT2D eigenvalue weighted by Crippen LogP contribution is 2.31. The number of halogens is 5. The van der Waals surface area contributed by atoms with Crippen LogP contribution >= 0.6 is 0 Å². The number of nitrogens with one attached hydrogen (secondary N) is 1. The molecule has 0 aromatic heterocycles. The second kappa shape index (κ2) is 10.4. The average Bonchev–Trinajstić information content (AvgIpc) is 2.87. The highest BCUT2D eigenvalue weighted by Gasteiger charge is 2.30. The number of benzene rings is 3. The minimum absolute atomic E-state index is 0.0621. The zero-order valence-corrected chi connectivity index (χ0v) is 19.7. The van der Waals surface area contributed by atoms with Crippen LogP contribution in [0.2, 0.25) is 0 Å². The Morgan fingerprint density at radius 2 is 1.36 bits per heavy atom. The molecule has 1 aliphatic heterocycles. The van der Waals surface area contributed by atoms with Crippen LogP contribution in [0.4, 0.5) is 39.0 Å². The Bertz CT molecular complexity index is 1250. The minimum Gasteiger partial charge on any atom is -0.483 e. The Morgan fingerprint density at radius 1 is 0.806 bits per heavy atom. The van der Waals surface area contributed by atoms with Gasteiger partial charge in [0.05, 0.1) is 0 Å². The standard InChI is InChI=1S/C26H24F5N3O2/c1-15-3-8-19(16(2)13-15)36-14-20(35)32-17-4-6-18(7-5-17)33-9-11-34(12-10-33)26-24(30)22(28)21(27)23(29)25(26)31/h3-8,13H,9-12,14H2,1-2H3,(H,32,35). The van der Waals surface area contributed by atoms with Gasteiger partial charge in [-0.15, -0.1) is 0 Å². The first-order chi connectivity index (χ1) is 17.2. The molecule has 10 heteroatoms. The van der Waals surface area contributed by atoms with Gasteiger partial charge in [0.15, 0.2) is 29.9 Å². The van der Waals surface area contributed by atoms with E-state index >= 15 is 0 Å². The van der Waals surface area contributed by atoms with Gasteiger partial charge in [0.2, 0.25) is 5.82 Å². The van der Waals surface area contributed by atoms with Crippen molar-refractivity contribution in [2.75, 3.05) is 47.9 Å². The van der Waals surface area contributed by atoms with E-state index in [-0.39, 0.29) is 25.6 Å². The van der Waals surface area contributed by atoms with Gasteiger partial charge in [-0.2, -0.15) is 0 Å². The van der Waals surface area contributed by atoms with Gasteiger partial charge in [-0.05, 0) is 49.7 Å². The van der Waals surface area contributed by atoms with Crippen LogP contribution in [-0.2, 0) is 4.79 Å². The lowest BCUT2D eigenvalue weighted by Gasteiger charge is -2.37. The fourth-order valence-electron chi connectivity index (χ4n) is 4.12. The summed E-state index contributed by atoms with van der Waals surface area (Å²) in [4.78, 5) is 15.3. The maximum Gasteiger partial charge on any atom is 0.262 e. The molecule has 1 heterocycles. The number of piperazine rings is 1. The van der Waals surface area contributed by atoms with Crippen molar-refractivity contribution >= 4 is 23.0 Å². The van der Waals surface area contributed by atoms with Gasteiger partial charge >= 0.3 is 0 Å². The summed E-state index contributed by atoms with van der Waals surface area (Å²) in [5.74, 6) is -9.43. The van der Waals surface area contributed by atoms with Crippen LogP contribution in [0.3, 0.4) is 0 Å². The molecule has 5 nitrogen and oxygen atoms in total. The molecule has 3 aromatic carbocycles. The van der Waals surface area contributed by atoms with Crippen molar-refractivity contribution in [3.05, 3.63) is 82.7 Å². The summed E-state index contributed by atoms with van der Waals surface area (Å²) >= 11 is 0. The summed E-state index contributed by atoms with van der Waals surface area (Å²) in [5.41, 5.74) is 2.48. The van der Waals surface area contributed by atoms with E-state index in [1.54, 1.807) is 24.3 Å². The largest absolute Gasteiger partial charge is 0.483 e. The lowest BCUT2D eigenvalue weighted by molar-refractivity contribution is -0.118. The van der Waals surface area contributed by atoms with Crippen molar-refractivity contribution < 1.29 is 31.5 Å². The molecule has 190 valence electrons. The maximum atomic E-state index is 14.1. The quantitative estimate of drug-likeness (QED) is 0.279. The Balaban J connectivity index is 1.33. The summed E-state index contributed by atoms with van der Waals surface area (Å²) in [6.45, 7) is 4.46. The number of hydrogen-bond acceptors (Lipinski definition) is 4. The number of aryl methyl sites for hydroxylation is 2. The molecule has 36 heavy (non-hydrogen) atoms. The van der Waals surface area contributed by atoms with Crippen LogP contribution in [0.5, 0.6) is 5.75 Å². The van der Waals surface area contributed by atoms with Gasteiger partial charge in [0, 0.05) is 37.6 Å². The van der Waals surface area contributed by atoms with Gasteiger partial charge in [0.1, 0.15) is 11.4 Å². The topological polar surface area (TPSA) is 44.8 Å². The molecular formula is C26H24F5N3O2. The summed E-state index contributed by atoms with van der Waals surface area (Å²) in [6.07, 6.45) is 0. The summed E-state index contributed by atoms with van der Waals surface area (Å²) in [5, 5.41) is 2.75. The van der Waals surface area contributed by atoms with E-state index < -0.39 is 34.8 Å². The van der Waals surface area contributed by atoms with E-state index in [1.165, 1.54) is 0 Å². The average molecular weight is 505 g/mol. The molecule has 0 bridgehead atoms. The fourth-order valence-corrected chi connectivity index (χ4v) is 4.12. The molecule has 0 saturated carbocycles. The minimum atomic E-state index is -2.17. The number of hydrogen-bond donors (Lipinski definition) is 1. The number of carbonyl (C=O) groups is 1. The normalized spacial score (nSPS) is 13.6. The Hall–Kier alpha value is -3.82. The first-order valence-electron chi connectivity index (χ1n) is 11.3. The lowest BCUT2D eigenvalue weighted by atomic mass is 10.1. The third kappa shape index (κ3) is 5.22. The molecule has 0 atom stereocenters. The molecule has 0 aliphatic carbocycles. The second-order valence-electron chi connectivity index (χ2n) is 8.55. The number of rotatable bonds is 6. The molecular weight excluding hydrogens is 481 g/mol. The van der Waals surface area contributed by atoms with Crippen molar-refractivity contribution in [3.63, 3.8) is 0 Å². The zero-order chi connectivity index (χ0) is 26.0. The van der Waals surface area contributed by atoms with E-state index in [0.717, 1.165) is 21.7 Å². The van der Waals surface area contributed by atoms with Gasteiger partial charge in [-0.25, -0.2) is 22.0 Å². The zero-order valence-electron chi connectivity index (χ0n) is 19.7. The van der Waals surface area contributed by atoms with E-state index in [9.17, 15) is 26.7 Å². The third-order valence-electron chi connectivity index (χ3n) is 5.99. The predicted octanol–water partition coefficient (Wildman–Crippen LogP) is 5.34. The molecule has 0 radical (unpaired) electrons. The summed E-state index contributed by atoms with van der Waals surface area (Å²) in [6, 6.07) is 12.7. The van der Waals surface area contributed by atoms with Crippen LogP contribution in [-0.4, -0.2) is 38.7 Å². The third-order valence-corrected chi connectivity index (χ3v) is 5.99. The predicted molar refractivity (Wildman–Crippen MR) is 127 cm³/mol. The monoisotopic (exact) mass is 505 g/mol. The second-order valence-corrected chi connectivity index (χ2v) is 8.55. The molecule has 3 aromatic rings. The van der Waals surface area contributed by atoms with E-state index in [4.69, 9.17) is 4.74 Å². The van der Waals surface area contributed by atoms with E-state index in [2.05, 4.69) is 5.32 Å². The molecule has 0 spiro atoms. The van der Waals surface area contributed by atoms with Crippen molar-refractivity contribution in [3.8, 4) is 5.75 Å². The van der Waals surface area contributed by atoms with Crippen LogP contribution in [0.15, 0.2) is 42.5 Å². The highest BCUT2D eigenvalue weighted by atomic mass is 19.2. The number of nitrogens with zero attached hydrogens (tertiary/aromatic N) is 2. The molecule has 4 rings (SSSR count). The van der Waals surface area contributed by atoms with Gasteiger partial charge in [0.25, 0.3) is 5.91 Å². The molecule has 1 aliphatic rings. The van der Waals surface area contributed by atoms with Crippen molar-refractivity contribution in [1.29, 1.82) is 0 Å². The number of ether oxygens (including phenoxy) is 1. The molecule has 1 amide bonds. The molecule has 1 fully saturated rings. The maximum absolute atomic E-state index is 14.1.